The molecule has 1 amide bonds. The molecule has 212 valence electrons. The Morgan fingerprint density at radius 1 is 1.02 bits per heavy atom. The number of carbonyl (C=O) groups excluding carboxylic acids is 2. The fraction of sp³-hybridized carbons (Fsp3) is 0.207. The summed E-state index contributed by atoms with van der Waals surface area (Å²) in [6.45, 7) is 1.02. The van der Waals surface area contributed by atoms with E-state index in [0.29, 0.717) is 35.7 Å². The van der Waals surface area contributed by atoms with Gasteiger partial charge in [-0.05, 0) is 41.8 Å². The number of carbonyl (C=O) groups is 4. The Labute approximate surface area is 240 Å². The Morgan fingerprint density at radius 3 is 2.39 bits per heavy atom. The van der Waals surface area contributed by atoms with Crippen molar-refractivity contribution >= 4 is 52.3 Å². The lowest BCUT2D eigenvalue weighted by Crippen LogP contribution is -2.26. The number of amides is 1. The molecule has 1 saturated heterocycles. The topological polar surface area (TPSA) is 142 Å². The molecule has 4 aromatic rings. The van der Waals surface area contributed by atoms with Gasteiger partial charge in [0.2, 0.25) is 0 Å². The van der Waals surface area contributed by atoms with Gasteiger partial charge in [-0.3, -0.25) is 14.3 Å². The van der Waals surface area contributed by atoms with Crippen molar-refractivity contribution in [1.29, 1.82) is 0 Å². The summed E-state index contributed by atoms with van der Waals surface area (Å²) >= 11 is 1.63. The van der Waals surface area contributed by atoms with Gasteiger partial charge in [0.25, 0.3) is 0 Å². The molecule has 2 N–H and O–H groups in total. The van der Waals surface area contributed by atoms with E-state index in [0.717, 1.165) is 16.6 Å². The molecule has 0 saturated carbocycles. The maximum absolute atomic E-state index is 13.6. The highest BCUT2D eigenvalue weighted by Gasteiger charge is 2.32. The first-order chi connectivity index (χ1) is 19.7. The molecule has 5 rings (SSSR count). The van der Waals surface area contributed by atoms with E-state index in [2.05, 4.69) is 9.29 Å². The van der Waals surface area contributed by atoms with Gasteiger partial charge in [-0.2, -0.15) is 0 Å². The molecule has 41 heavy (non-hydrogen) atoms. The number of ketones is 1. The standard InChI is InChI=1S/C27H26N4O3S.C2H2O4/c1-29(2)27(33)30-16-24(26(32)20-15-31(35-18-20)21-9-6-12-28-14-21)23-11-10-22(13-25(23)30)34-17-19-7-4-3-5-8-19;3-1(4)2(5)6/h3-14,16,20H,15,17-18H2,1-2H3;(H,3,4)(H,5,6). The van der Waals surface area contributed by atoms with Crippen molar-refractivity contribution in [3.05, 3.63) is 90.4 Å². The van der Waals surface area contributed by atoms with Crippen LogP contribution in [0.2, 0.25) is 0 Å². The minimum absolute atomic E-state index is 0.0390. The normalized spacial score (nSPS) is 14.2. The number of hydrogen-bond donors (Lipinski definition) is 2. The van der Waals surface area contributed by atoms with Gasteiger partial charge >= 0.3 is 18.0 Å². The molecule has 2 aromatic carbocycles. The first-order valence-electron chi connectivity index (χ1n) is 12.5. The summed E-state index contributed by atoms with van der Waals surface area (Å²) in [5.41, 5.74) is 3.26. The molecule has 1 unspecified atom stereocenters. The van der Waals surface area contributed by atoms with Crippen molar-refractivity contribution in [2.75, 3.05) is 30.7 Å². The number of anilines is 1. The highest BCUT2D eigenvalue weighted by Crippen LogP contribution is 2.35. The number of pyridine rings is 1. The quantitative estimate of drug-likeness (QED) is 0.194. The van der Waals surface area contributed by atoms with Gasteiger partial charge in [0.15, 0.2) is 5.78 Å². The van der Waals surface area contributed by atoms with E-state index in [1.54, 1.807) is 49.2 Å². The van der Waals surface area contributed by atoms with Crippen LogP contribution in [0.1, 0.15) is 15.9 Å². The number of Topliss-reactive ketones (excluding diaryl/α,β-unsaturated/α-hetero) is 1. The fourth-order valence-corrected chi connectivity index (χ4v) is 5.31. The minimum atomic E-state index is -1.82. The number of carboxylic acid groups (broad SMARTS) is 2. The lowest BCUT2D eigenvalue weighted by Gasteiger charge is -2.15. The van der Waals surface area contributed by atoms with E-state index < -0.39 is 11.9 Å². The number of nitrogens with zero attached hydrogens (tertiary/aromatic N) is 4. The lowest BCUT2D eigenvalue weighted by molar-refractivity contribution is -0.159. The number of benzene rings is 2. The number of aliphatic carboxylic acids is 2. The van der Waals surface area contributed by atoms with E-state index >= 15 is 0 Å². The largest absolute Gasteiger partial charge is 0.489 e. The number of rotatable bonds is 6. The summed E-state index contributed by atoms with van der Waals surface area (Å²) in [7, 11) is 3.40. The van der Waals surface area contributed by atoms with Crippen molar-refractivity contribution in [2.24, 2.45) is 5.92 Å². The first kappa shape index (κ1) is 29.2. The summed E-state index contributed by atoms with van der Waals surface area (Å²) in [6.07, 6.45) is 5.22. The third kappa shape index (κ3) is 7.03. The molecule has 0 radical (unpaired) electrons. The van der Waals surface area contributed by atoms with E-state index in [1.165, 1.54) is 4.90 Å². The molecule has 11 nitrogen and oxygen atoms in total. The molecule has 0 aliphatic carbocycles. The molecule has 0 spiro atoms. The van der Waals surface area contributed by atoms with E-state index in [-0.39, 0.29) is 17.7 Å². The van der Waals surface area contributed by atoms with Crippen molar-refractivity contribution < 1.29 is 34.1 Å². The highest BCUT2D eigenvalue weighted by atomic mass is 32.2. The van der Waals surface area contributed by atoms with Crippen LogP contribution in [0.5, 0.6) is 5.75 Å². The van der Waals surface area contributed by atoms with Crippen LogP contribution in [0, 0.1) is 5.92 Å². The van der Waals surface area contributed by atoms with Gasteiger partial charge in [0, 0.05) is 55.8 Å². The molecular weight excluding hydrogens is 548 g/mol. The Kier molecular flexibility index (Phi) is 9.25. The summed E-state index contributed by atoms with van der Waals surface area (Å²) < 4.78 is 9.64. The van der Waals surface area contributed by atoms with Crippen molar-refractivity contribution in [3.63, 3.8) is 0 Å². The van der Waals surface area contributed by atoms with Crippen LogP contribution in [0.25, 0.3) is 10.9 Å². The molecule has 1 aliphatic heterocycles. The molecular formula is C29H28N4O7S. The third-order valence-corrected chi connectivity index (χ3v) is 7.41. The van der Waals surface area contributed by atoms with Crippen LogP contribution >= 0.6 is 11.9 Å². The zero-order chi connectivity index (χ0) is 29.5. The van der Waals surface area contributed by atoms with Gasteiger partial charge in [0.1, 0.15) is 12.4 Å². The molecule has 1 atom stereocenters. The van der Waals surface area contributed by atoms with Crippen LogP contribution in [-0.4, -0.2) is 74.8 Å². The van der Waals surface area contributed by atoms with Gasteiger partial charge in [-0.1, -0.05) is 30.3 Å². The zero-order valence-electron chi connectivity index (χ0n) is 22.3. The Morgan fingerprint density at radius 2 is 1.76 bits per heavy atom. The van der Waals surface area contributed by atoms with Crippen molar-refractivity contribution in [3.8, 4) is 5.75 Å². The van der Waals surface area contributed by atoms with Gasteiger partial charge in [-0.15, -0.1) is 0 Å². The average molecular weight is 577 g/mol. The minimum Gasteiger partial charge on any atom is -0.489 e. The van der Waals surface area contributed by atoms with E-state index in [1.807, 2.05) is 60.7 Å². The number of fused-ring (bicyclic) bond motifs is 1. The average Bonchev–Trinajstić information content (AvgIpc) is 3.62. The van der Waals surface area contributed by atoms with E-state index in [9.17, 15) is 9.59 Å². The van der Waals surface area contributed by atoms with Gasteiger partial charge in [0.05, 0.1) is 23.3 Å². The molecule has 12 heteroatoms. The monoisotopic (exact) mass is 576 g/mol. The van der Waals surface area contributed by atoms with Gasteiger partial charge in [-0.25, -0.2) is 14.4 Å². The Balaban J connectivity index is 0.000000585. The summed E-state index contributed by atoms with van der Waals surface area (Å²) in [6, 6.07) is 19.1. The summed E-state index contributed by atoms with van der Waals surface area (Å²) in [4.78, 5) is 50.5. The maximum atomic E-state index is 13.6. The van der Waals surface area contributed by atoms with Crippen LogP contribution in [0.15, 0.2) is 79.3 Å². The summed E-state index contributed by atoms with van der Waals surface area (Å²) in [5, 5.41) is 15.5. The van der Waals surface area contributed by atoms with Crippen molar-refractivity contribution in [2.45, 2.75) is 6.61 Å². The van der Waals surface area contributed by atoms with Crippen LogP contribution < -0.4 is 9.04 Å². The van der Waals surface area contributed by atoms with Crippen molar-refractivity contribution in [1.82, 2.24) is 14.5 Å². The Hall–Kier alpha value is -4.84. The second-order valence-electron chi connectivity index (χ2n) is 9.28. The number of aromatic nitrogens is 2. The molecule has 1 aliphatic rings. The SMILES string of the molecule is CN(C)C(=O)n1cc(C(=O)C2CSN(c3cccnc3)C2)c2ccc(OCc3ccccc3)cc21.O=C(O)C(=O)O. The number of hydrogen-bond acceptors (Lipinski definition) is 8. The first-order valence-corrected chi connectivity index (χ1v) is 13.4. The lowest BCUT2D eigenvalue weighted by atomic mass is 9.98. The van der Waals surface area contributed by atoms with Gasteiger partial charge < -0.3 is 24.2 Å². The molecule has 1 fully saturated rings. The summed E-state index contributed by atoms with van der Waals surface area (Å²) in [5.74, 6) is -2.46. The second kappa shape index (κ2) is 13.0. The molecule has 0 bridgehead atoms. The molecule has 2 aromatic heterocycles. The second-order valence-corrected chi connectivity index (χ2v) is 10.3. The smallest absolute Gasteiger partial charge is 0.414 e. The maximum Gasteiger partial charge on any atom is 0.414 e. The van der Waals surface area contributed by atoms with E-state index in [4.69, 9.17) is 24.5 Å². The third-order valence-electron chi connectivity index (χ3n) is 6.18. The number of carboxylic acids is 2. The number of ether oxygens (including phenoxy) is 1. The Bertz CT molecular complexity index is 1550. The fourth-order valence-electron chi connectivity index (χ4n) is 4.15. The highest BCUT2D eigenvalue weighted by molar-refractivity contribution is 8.00. The predicted octanol–water partition coefficient (Wildman–Crippen LogP) is 4.27. The predicted molar refractivity (Wildman–Crippen MR) is 154 cm³/mol. The van der Waals surface area contributed by atoms with Crippen LogP contribution in [-0.2, 0) is 16.2 Å². The zero-order valence-corrected chi connectivity index (χ0v) is 23.2. The van der Waals surface area contributed by atoms with Crippen LogP contribution in [0.4, 0.5) is 10.5 Å². The molecule has 3 heterocycles. The van der Waals surface area contributed by atoms with Crippen LogP contribution in [0.3, 0.4) is 0 Å².